The third-order valence-electron chi connectivity index (χ3n) is 2.12. The molecule has 5 nitrogen and oxygen atoms in total. The lowest BCUT2D eigenvalue weighted by atomic mass is 10.2. The maximum Gasteiger partial charge on any atom is 0.251 e. The second-order valence-corrected chi connectivity index (χ2v) is 4.23. The highest BCUT2D eigenvalue weighted by atomic mass is 79.9. The monoisotopic (exact) mass is 316 g/mol. The molecule has 1 heterocycles. The summed E-state index contributed by atoms with van der Waals surface area (Å²) in [6.45, 7) is 5.17. The Morgan fingerprint density at radius 1 is 1.44 bits per heavy atom. The zero-order chi connectivity index (χ0) is 13.4. The van der Waals surface area contributed by atoms with E-state index in [2.05, 4.69) is 26.2 Å². The van der Waals surface area contributed by atoms with Crippen molar-refractivity contribution in [1.82, 2.24) is 10.3 Å². The first-order valence-corrected chi connectivity index (χ1v) is 6.59. The maximum atomic E-state index is 11.8. The topological polar surface area (TPSA) is 60.5 Å². The van der Waals surface area contributed by atoms with E-state index in [1.54, 1.807) is 18.3 Å². The van der Waals surface area contributed by atoms with Crippen molar-refractivity contribution in [2.24, 2.45) is 0 Å². The van der Waals surface area contributed by atoms with Gasteiger partial charge in [-0.1, -0.05) is 0 Å². The number of hydrogen-bond acceptors (Lipinski definition) is 4. The molecule has 0 aliphatic carbocycles. The van der Waals surface area contributed by atoms with Crippen LogP contribution in [0.25, 0.3) is 0 Å². The first kappa shape index (κ1) is 15.1. The van der Waals surface area contributed by atoms with Gasteiger partial charge in [0.25, 0.3) is 5.91 Å². The number of rotatable bonds is 7. The summed E-state index contributed by atoms with van der Waals surface area (Å²) in [5.41, 5.74) is 0.545. The number of nitrogens with one attached hydrogen (secondary N) is 1. The molecule has 18 heavy (non-hydrogen) atoms. The number of aromatic nitrogens is 1. The quantitative estimate of drug-likeness (QED) is 0.617. The van der Waals surface area contributed by atoms with Crippen LogP contribution < -0.4 is 5.32 Å². The van der Waals surface area contributed by atoms with E-state index in [0.717, 1.165) is 0 Å². The smallest absolute Gasteiger partial charge is 0.251 e. The molecule has 1 N–H and O–H groups in total. The van der Waals surface area contributed by atoms with Crippen LogP contribution in [0.2, 0.25) is 0 Å². The van der Waals surface area contributed by atoms with Crippen LogP contribution >= 0.6 is 15.9 Å². The standard InChI is InChI=1S/C12H17BrN2O3/c1-3-17-11(18-4-2)8-15-12(16)9-5-6-14-10(13)7-9/h5-7,11H,3-4,8H2,1-2H3,(H,15,16). The number of hydrogen-bond donors (Lipinski definition) is 1. The minimum absolute atomic E-state index is 0.178. The fraction of sp³-hybridized carbons (Fsp3) is 0.500. The van der Waals surface area contributed by atoms with E-state index in [-0.39, 0.29) is 5.91 Å². The fourth-order valence-corrected chi connectivity index (χ4v) is 1.72. The highest BCUT2D eigenvalue weighted by Crippen LogP contribution is 2.07. The number of pyridine rings is 1. The first-order chi connectivity index (χ1) is 8.67. The number of carbonyl (C=O) groups excluding carboxylic acids is 1. The number of halogens is 1. The first-order valence-electron chi connectivity index (χ1n) is 5.80. The van der Waals surface area contributed by atoms with Crippen LogP contribution in [0.5, 0.6) is 0 Å². The zero-order valence-corrected chi connectivity index (χ0v) is 12.1. The van der Waals surface area contributed by atoms with Crippen LogP contribution in [0.3, 0.4) is 0 Å². The molecule has 0 fully saturated rings. The Balaban J connectivity index is 2.49. The predicted molar refractivity (Wildman–Crippen MR) is 71.3 cm³/mol. The van der Waals surface area contributed by atoms with Crippen molar-refractivity contribution in [3.63, 3.8) is 0 Å². The summed E-state index contributed by atoms with van der Waals surface area (Å²) in [4.78, 5) is 15.8. The number of carbonyl (C=O) groups is 1. The normalized spacial score (nSPS) is 10.7. The second-order valence-electron chi connectivity index (χ2n) is 3.42. The lowest BCUT2D eigenvalue weighted by molar-refractivity contribution is -0.131. The van der Waals surface area contributed by atoms with E-state index in [4.69, 9.17) is 9.47 Å². The Bertz CT molecular complexity index is 381. The Kier molecular flexibility index (Phi) is 6.85. The molecule has 0 saturated carbocycles. The van der Waals surface area contributed by atoms with Gasteiger partial charge in [0.1, 0.15) is 4.60 Å². The van der Waals surface area contributed by atoms with Gasteiger partial charge in [-0.3, -0.25) is 4.79 Å². The fourth-order valence-electron chi connectivity index (χ4n) is 1.36. The SMILES string of the molecule is CCOC(CNC(=O)c1ccnc(Br)c1)OCC. The van der Waals surface area contributed by atoms with Crippen LogP contribution in [-0.2, 0) is 9.47 Å². The van der Waals surface area contributed by atoms with Crippen molar-refractivity contribution in [2.45, 2.75) is 20.1 Å². The Morgan fingerprint density at radius 3 is 2.67 bits per heavy atom. The Labute approximate surface area is 115 Å². The van der Waals surface area contributed by atoms with Gasteiger partial charge in [-0.15, -0.1) is 0 Å². The lowest BCUT2D eigenvalue weighted by Crippen LogP contribution is -2.35. The molecule has 0 atom stereocenters. The molecule has 1 aromatic heterocycles. The van der Waals surface area contributed by atoms with Crippen molar-refractivity contribution in [1.29, 1.82) is 0 Å². The summed E-state index contributed by atoms with van der Waals surface area (Å²) >= 11 is 3.22. The van der Waals surface area contributed by atoms with Gasteiger partial charge >= 0.3 is 0 Å². The largest absolute Gasteiger partial charge is 0.351 e. The van der Waals surface area contributed by atoms with Crippen molar-refractivity contribution >= 4 is 21.8 Å². The summed E-state index contributed by atoms with van der Waals surface area (Å²) in [5.74, 6) is -0.178. The molecule has 0 saturated heterocycles. The van der Waals surface area contributed by atoms with Crippen molar-refractivity contribution in [2.75, 3.05) is 19.8 Å². The molecule has 0 aromatic carbocycles. The number of nitrogens with zero attached hydrogens (tertiary/aromatic N) is 1. The third kappa shape index (κ3) is 5.12. The van der Waals surface area contributed by atoms with Crippen molar-refractivity contribution < 1.29 is 14.3 Å². The Morgan fingerprint density at radius 2 is 2.11 bits per heavy atom. The van der Waals surface area contributed by atoms with Gasteiger partial charge in [0.05, 0.1) is 6.54 Å². The Hall–Kier alpha value is -0.980. The lowest BCUT2D eigenvalue weighted by Gasteiger charge is -2.17. The number of ether oxygens (including phenoxy) is 2. The number of amides is 1. The van der Waals surface area contributed by atoms with Crippen LogP contribution in [0.15, 0.2) is 22.9 Å². The average Bonchev–Trinajstić information content (AvgIpc) is 2.36. The highest BCUT2D eigenvalue weighted by Gasteiger charge is 2.11. The van der Waals surface area contributed by atoms with Gasteiger partial charge in [0.2, 0.25) is 0 Å². The second kappa shape index (κ2) is 8.18. The van der Waals surface area contributed by atoms with E-state index in [9.17, 15) is 4.79 Å². The van der Waals surface area contributed by atoms with Crippen LogP contribution in [0.4, 0.5) is 0 Å². The summed E-state index contributed by atoms with van der Waals surface area (Å²) in [6, 6.07) is 3.31. The molecule has 0 spiro atoms. The van der Waals surface area contributed by atoms with E-state index in [1.165, 1.54) is 0 Å². The van der Waals surface area contributed by atoms with Crippen molar-refractivity contribution in [3.05, 3.63) is 28.5 Å². The zero-order valence-electron chi connectivity index (χ0n) is 10.5. The summed E-state index contributed by atoms with van der Waals surface area (Å²) in [6.07, 6.45) is 1.16. The van der Waals surface area contributed by atoms with Gasteiger partial charge in [-0.25, -0.2) is 4.98 Å². The van der Waals surface area contributed by atoms with E-state index in [0.29, 0.717) is 29.9 Å². The molecular weight excluding hydrogens is 300 g/mol. The molecule has 1 aromatic rings. The summed E-state index contributed by atoms with van der Waals surface area (Å²) in [7, 11) is 0. The van der Waals surface area contributed by atoms with E-state index in [1.807, 2.05) is 13.8 Å². The van der Waals surface area contributed by atoms with Crippen LogP contribution in [0.1, 0.15) is 24.2 Å². The molecule has 1 rings (SSSR count). The highest BCUT2D eigenvalue weighted by molar-refractivity contribution is 9.10. The van der Waals surface area contributed by atoms with Gasteiger partial charge in [-0.05, 0) is 41.9 Å². The molecule has 0 unspecified atom stereocenters. The molecule has 0 aliphatic heterocycles. The predicted octanol–water partition coefficient (Wildman–Crippen LogP) is 1.97. The minimum Gasteiger partial charge on any atom is -0.351 e. The molecular formula is C12H17BrN2O3. The minimum atomic E-state index is -0.408. The van der Waals surface area contributed by atoms with E-state index < -0.39 is 6.29 Å². The molecule has 0 aliphatic rings. The molecule has 0 bridgehead atoms. The summed E-state index contributed by atoms with van der Waals surface area (Å²) < 4.78 is 11.3. The van der Waals surface area contributed by atoms with Gasteiger partial charge in [-0.2, -0.15) is 0 Å². The molecule has 6 heteroatoms. The van der Waals surface area contributed by atoms with Gasteiger partial charge in [0, 0.05) is 25.0 Å². The molecule has 0 radical (unpaired) electrons. The summed E-state index contributed by atoms with van der Waals surface area (Å²) in [5, 5.41) is 2.76. The molecule has 1 amide bonds. The van der Waals surface area contributed by atoms with Crippen molar-refractivity contribution in [3.8, 4) is 0 Å². The van der Waals surface area contributed by atoms with Crippen LogP contribution in [0, 0.1) is 0 Å². The van der Waals surface area contributed by atoms with Gasteiger partial charge in [0.15, 0.2) is 6.29 Å². The average molecular weight is 317 g/mol. The maximum absolute atomic E-state index is 11.8. The van der Waals surface area contributed by atoms with E-state index >= 15 is 0 Å². The third-order valence-corrected chi connectivity index (χ3v) is 2.56. The van der Waals surface area contributed by atoms with Crippen LogP contribution in [-0.4, -0.2) is 36.9 Å². The van der Waals surface area contributed by atoms with Gasteiger partial charge < -0.3 is 14.8 Å². The molecule has 100 valence electrons.